The molecule has 0 unspecified atom stereocenters. The van der Waals surface area contributed by atoms with Gasteiger partial charge in [-0.3, -0.25) is 4.79 Å². The van der Waals surface area contributed by atoms with E-state index < -0.39 is 0 Å². The van der Waals surface area contributed by atoms with Crippen LogP contribution in [0.1, 0.15) is 0 Å². The summed E-state index contributed by atoms with van der Waals surface area (Å²) in [5.41, 5.74) is -0.212. The van der Waals surface area contributed by atoms with Crippen LogP contribution >= 0.6 is 23.1 Å². The van der Waals surface area contributed by atoms with Crippen LogP contribution < -0.4 is 10.3 Å². The Bertz CT molecular complexity index is 539. The van der Waals surface area contributed by atoms with Crippen molar-refractivity contribution >= 4 is 23.1 Å². The molecular weight excluding hydrogens is 242 g/mol. The van der Waals surface area contributed by atoms with Gasteiger partial charge < -0.3 is 4.74 Å². The molecule has 0 N–H and O–H groups in total. The molecule has 3 nitrogen and oxygen atoms in total. The maximum atomic E-state index is 11.1. The molecule has 5 heteroatoms. The van der Waals surface area contributed by atoms with Crippen LogP contribution in [0.3, 0.4) is 0 Å². The van der Waals surface area contributed by atoms with Crippen molar-refractivity contribution in [2.45, 2.75) is 9.24 Å². The fourth-order valence-electron chi connectivity index (χ4n) is 1.15. The third-order valence-corrected chi connectivity index (χ3v) is 3.77. The molecule has 16 heavy (non-hydrogen) atoms. The molecule has 0 fully saturated rings. The molecule has 2 aromatic rings. The lowest BCUT2D eigenvalue weighted by atomic mass is 10.3. The fraction of sp³-hybridized carbons (Fsp3) is 0.0909. The number of para-hydroxylation sites is 1. The van der Waals surface area contributed by atoms with Crippen LogP contribution in [0, 0.1) is 0 Å². The van der Waals surface area contributed by atoms with Gasteiger partial charge in [0.05, 0.1) is 12.0 Å². The number of hydrogen-bond acceptors (Lipinski definition) is 5. The van der Waals surface area contributed by atoms with Gasteiger partial charge in [-0.05, 0) is 17.5 Å². The number of nitrogens with zero attached hydrogens (tertiary/aromatic N) is 1. The number of aromatic nitrogens is 1. The number of rotatable bonds is 3. The molecule has 0 aliphatic heterocycles. The van der Waals surface area contributed by atoms with Gasteiger partial charge in [0, 0.05) is 6.07 Å². The summed E-state index contributed by atoms with van der Waals surface area (Å²) in [4.78, 5) is 16.0. The second-order valence-corrected chi connectivity index (χ2v) is 5.07. The summed E-state index contributed by atoms with van der Waals surface area (Å²) in [6, 6.07) is 9.11. The van der Waals surface area contributed by atoms with Crippen molar-refractivity contribution in [1.29, 1.82) is 0 Å². The molecular formula is C11H9NO2S2. The number of benzene rings is 1. The van der Waals surface area contributed by atoms with Crippen LogP contribution in [0.5, 0.6) is 5.75 Å². The SMILES string of the molecule is COc1ccccc1Sc1nc(=O)ccs1. The third-order valence-electron chi connectivity index (χ3n) is 1.85. The summed E-state index contributed by atoms with van der Waals surface area (Å²) in [6.07, 6.45) is 0. The average Bonchev–Trinajstić information content (AvgIpc) is 2.30. The molecule has 0 atom stereocenters. The minimum Gasteiger partial charge on any atom is -0.496 e. The first kappa shape index (κ1) is 11.2. The average molecular weight is 251 g/mol. The Morgan fingerprint density at radius 2 is 2.12 bits per heavy atom. The quantitative estimate of drug-likeness (QED) is 0.840. The zero-order chi connectivity index (χ0) is 11.4. The summed E-state index contributed by atoms with van der Waals surface area (Å²) in [6.45, 7) is 0. The molecule has 0 radical (unpaired) electrons. The lowest BCUT2D eigenvalue weighted by molar-refractivity contribution is 0.405. The van der Waals surface area contributed by atoms with E-state index in [1.165, 1.54) is 29.2 Å². The number of hydrogen-bond donors (Lipinski definition) is 0. The van der Waals surface area contributed by atoms with Gasteiger partial charge in [-0.1, -0.05) is 23.9 Å². The van der Waals surface area contributed by atoms with Gasteiger partial charge in [0.1, 0.15) is 5.75 Å². The van der Waals surface area contributed by atoms with E-state index in [0.717, 1.165) is 15.0 Å². The van der Waals surface area contributed by atoms with E-state index in [-0.39, 0.29) is 5.56 Å². The molecule has 0 saturated carbocycles. The van der Waals surface area contributed by atoms with Crippen LogP contribution in [-0.2, 0) is 0 Å². The standard InChI is InChI=1S/C11H9NO2S2/c1-14-8-4-2-3-5-9(8)16-11-12-10(13)6-7-15-11/h2-7H,1H3. The van der Waals surface area contributed by atoms with E-state index in [4.69, 9.17) is 4.74 Å². The lowest BCUT2D eigenvalue weighted by Gasteiger charge is -2.05. The van der Waals surface area contributed by atoms with E-state index >= 15 is 0 Å². The van der Waals surface area contributed by atoms with E-state index in [9.17, 15) is 4.79 Å². The fourth-order valence-corrected chi connectivity index (χ4v) is 2.94. The minimum atomic E-state index is -0.212. The molecule has 0 bridgehead atoms. The Labute approximate surface area is 101 Å². The second-order valence-electron chi connectivity index (χ2n) is 2.89. The normalized spacial score (nSPS) is 10.1. The highest BCUT2D eigenvalue weighted by Gasteiger charge is 2.05. The molecule has 0 saturated heterocycles. The van der Waals surface area contributed by atoms with Gasteiger partial charge in [0.2, 0.25) is 0 Å². The molecule has 1 aromatic heterocycles. The summed E-state index contributed by atoms with van der Waals surface area (Å²) < 4.78 is 5.95. The Kier molecular flexibility index (Phi) is 3.58. The molecule has 1 aromatic carbocycles. The van der Waals surface area contributed by atoms with Gasteiger partial charge in [0.15, 0.2) is 4.34 Å². The van der Waals surface area contributed by atoms with Gasteiger partial charge in [-0.15, -0.1) is 11.3 Å². The molecule has 0 aliphatic carbocycles. The second kappa shape index (κ2) is 5.14. The monoisotopic (exact) mass is 251 g/mol. The molecule has 0 amide bonds. The maximum absolute atomic E-state index is 11.1. The Hall–Kier alpha value is -1.33. The van der Waals surface area contributed by atoms with Crippen LogP contribution in [-0.4, -0.2) is 12.1 Å². The highest BCUT2D eigenvalue weighted by molar-refractivity contribution is 8.01. The van der Waals surface area contributed by atoms with Crippen LogP contribution in [0.25, 0.3) is 0 Å². The lowest BCUT2D eigenvalue weighted by Crippen LogP contribution is -2.01. The van der Waals surface area contributed by atoms with Crippen molar-refractivity contribution in [1.82, 2.24) is 4.98 Å². The first-order chi connectivity index (χ1) is 7.79. The molecule has 1 heterocycles. The predicted molar refractivity (Wildman–Crippen MR) is 65.5 cm³/mol. The van der Waals surface area contributed by atoms with Crippen molar-refractivity contribution in [2.75, 3.05) is 7.11 Å². The van der Waals surface area contributed by atoms with E-state index in [1.54, 1.807) is 12.5 Å². The van der Waals surface area contributed by atoms with E-state index in [1.807, 2.05) is 24.3 Å². The van der Waals surface area contributed by atoms with E-state index in [0.29, 0.717) is 0 Å². The Balaban J connectivity index is 2.30. The number of ether oxygens (including phenoxy) is 1. The predicted octanol–water partition coefficient (Wildman–Crippen LogP) is 2.66. The Morgan fingerprint density at radius 1 is 1.31 bits per heavy atom. The summed E-state index contributed by atoms with van der Waals surface area (Å²) >= 11 is 2.87. The zero-order valence-corrected chi connectivity index (χ0v) is 10.2. The van der Waals surface area contributed by atoms with Gasteiger partial charge >= 0.3 is 0 Å². The smallest absolute Gasteiger partial charge is 0.272 e. The van der Waals surface area contributed by atoms with Crippen molar-refractivity contribution in [3.8, 4) is 5.75 Å². The highest BCUT2D eigenvalue weighted by Crippen LogP contribution is 2.34. The van der Waals surface area contributed by atoms with Crippen LogP contribution in [0.4, 0.5) is 0 Å². The highest BCUT2D eigenvalue weighted by atomic mass is 32.2. The number of methoxy groups -OCH3 is 1. The van der Waals surface area contributed by atoms with Crippen molar-refractivity contribution < 1.29 is 4.74 Å². The zero-order valence-electron chi connectivity index (χ0n) is 8.54. The van der Waals surface area contributed by atoms with Gasteiger partial charge in [0.25, 0.3) is 5.56 Å². The van der Waals surface area contributed by atoms with Crippen molar-refractivity contribution in [2.24, 2.45) is 0 Å². The van der Waals surface area contributed by atoms with Crippen molar-refractivity contribution in [3.63, 3.8) is 0 Å². The molecule has 0 spiro atoms. The van der Waals surface area contributed by atoms with E-state index in [2.05, 4.69) is 4.98 Å². The summed E-state index contributed by atoms with van der Waals surface area (Å²) in [5, 5.41) is 1.74. The maximum Gasteiger partial charge on any atom is 0.272 e. The molecule has 0 aliphatic rings. The van der Waals surface area contributed by atoms with Crippen LogP contribution in [0.2, 0.25) is 0 Å². The first-order valence-electron chi connectivity index (χ1n) is 4.56. The topological polar surface area (TPSA) is 39.2 Å². The minimum absolute atomic E-state index is 0.212. The molecule has 2 rings (SSSR count). The van der Waals surface area contributed by atoms with Crippen molar-refractivity contribution in [3.05, 3.63) is 46.1 Å². The Morgan fingerprint density at radius 3 is 2.88 bits per heavy atom. The summed E-state index contributed by atoms with van der Waals surface area (Å²) in [5.74, 6) is 0.790. The largest absolute Gasteiger partial charge is 0.496 e. The van der Waals surface area contributed by atoms with Gasteiger partial charge in [-0.25, -0.2) is 0 Å². The summed E-state index contributed by atoms with van der Waals surface area (Å²) in [7, 11) is 1.63. The third kappa shape index (κ3) is 2.62. The first-order valence-corrected chi connectivity index (χ1v) is 6.26. The molecule has 82 valence electrons. The van der Waals surface area contributed by atoms with Gasteiger partial charge in [-0.2, -0.15) is 4.98 Å². The van der Waals surface area contributed by atoms with Crippen LogP contribution in [0.15, 0.2) is 49.7 Å².